The Kier molecular flexibility index (Phi) is 5.15. The van der Waals surface area contributed by atoms with Gasteiger partial charge in [-0.05, 0) is 38.1 Å². The van der Waals surface area contributed by atoms with E-state index in [-0.39, 0.29) is 12.4 Å². The van der Waals surface area contributed by atoms with E-state index in [0.717, 1.165) is 5.56 Å². The first-order chi connectivity index (χ1) is 17.4. The molecule has 36 heavy (non-hydrogen) atoms. The summed E-state index contributed by atoms with van der Waals surface area (Å²) in [7, 11) is 0. The van der Waals surface area contributed by atoms with Crippen LogP contribution in [-0.4, -0.2) is 28.6 Å². The van der Waals surface area contributed by atoms with Crippen molar-refractivity contribution in [3.05, 3.63) is 94.1 Å². The number of carbonyl (C=O) groups is 2. The lowest BCUT2D eigenvalue weighted by molar-refractivity contribution is -0.117. The van der Waals surface area contributed by atoms with Crippen molar-refractivity contribution >= 4 is 28.7 Å². The number of nitrogens with zero attached hydrogens (tertiary/aromatic N) is 2. The quantitative estimate of drug-likeness (QED) is 0.359. The first-order valence-electron chi connectivity index (χ1n) is 11.2. The number of thiazole rings is 1. The zero-order valence-corrected chi connectivity index (χ0v) is 20.2. The highest BCUT2D eigenvalue weighted by Crippen LogP contribution is 2.46. The zero-order valence-electron chi connectivity index (χ0n) is 19.3. The van der Waals surface area contributed by atoms with E-state index >= 15 is 0 Å². The fourth-order valence-corrected chi connectivity index (χ4v) is 5.47. The molecule has 4 aromatic rings. The lowest BCUT2D eigenvalue weighted by Gasteiger charge is -2.25. The number of amides is 1. The van der Waals surface area contributed by atoms with Crippen LogP contribution >= 0.6 is 11.3 Å². The molecule has 8 nitrogen and oxygen atoms in total. The summed E-state index contributed by atoms with van der Waals surface area (Å²) in [5, 5.41) is 11.7. The van der Waals surface area contributed by atoms with Crippen LogP contribution in [-0.2, 0) is 4.79 Å². The Bertz CT molecular complexity index is 1550. The summed E-state index contributed by atoms with van der Waals surface area (Å²) < 4.78 is 16.7. The van der Waals surface area contributed by atoms with Crippen LogP contribution in [0.4, 0.5) is 5.69 Å². The second-order valence-corrected chi connectivity index (χ2v) is 9.45. The number of furan rings is 1. The first kappa shape index (κ1) is 22.1. The Balaban J connectivity index is 1.45. The van der Waals surface area contributed by atoms with Gasteiger partial charge in [-0.15, -0.1) is 11.3 Å². The van der Waals surface area contributed by atoms with E-state index in [2.05, 4.69) is 4.98 Å². The number of aliphatic hydroxyl groups excluding tert-OH is 1. The molecule has 0 fully saturated rings. The third-order valence-corrected chi connectivity index (χ3v) is 7.35. The fraction of sp³-hybridized carbons (Fsp3) is 0.148. The minimum absolute atomic E-state index is 0.0571. The van der Waals surface area contributed by atoms with Crippen molar-refractivity contribution in [2.75, 3.05) is 11.7 Å². The number of fused-ring (bicyclic) bond motifs is 1. The molecule has 0 spiro atoms. The molecule has 2 aliphatic heterocycles. The Labute approximate surface area is 210 Å². The lowest BCUT2D eigenvalue weighted by Crippen LogP contribution is -2.30. The first-order valence-corrected chi connectivity index (χ1v) is 12.0. The molecule has 1 amide bonds. The number of aliphatic hydroxyl groups is 1. The van der Waals surface area contributed by atoms with Gasteiger partial charge in [0, 0.05) is 17.3 Å². The van der Waals surface area contributed by atoms with Crippen molar-refractivity contribution in [2.24, 2.45) is 0 Å². The van der Waals surface area contributed by atoms with E-state index < -0.39 is 23.5 Å². The molecule has 9 heteroatoms. The number of ketones is 1. The molecule has 2 aromatic carbocycles. The normalized spacial score (nSPS) is 16.8. The molecule has 1 unspecified atom stereocenters. The monoisotopic (exact) mass is 500 g/mol. The molecule has 0 radical (unpaired) electrons. The molecule has 6 rings (SSSR count). The van der Waals surface area contributed by atoms with Gasteiger partial charge in [-0.25, -0.2) is 4.98 Å². The number of hydrogen-bond acceptors (Lipinski definition) is 8. The average Bonchev–Trinajstić information content (AvgIpc) is 3.66. The van der Waals surface area contributed by atoms with Crippen LogP contribution in [0, 0.1) is 13.8 Å². The largest absolute Gasteiger partial charge is 0.503 e. The number of Topliss-reactive ketones (excluding diaryl/α,β-unsaturated/α-hetero) is 1. The van der Waals surface area contributed by atoms with Crippen molar-refractivity contribution in [1.29, 1.82) is 0 Å². The fourth-order valence-electron chi connectivity index (χ4n) is 4.44. The number of carbonyl (C=O) groups excluding carboxylic acids is 2. The topological polar surface area (TPSA) is 102 Å². The number of aromatic nitrogens is 1. The summed E-state index contributed by atoms with van der Waals surface area (Å²) in [6.07, 6.45) is 0. The maximum atomic E-state index is 13.9. The molecular formula is C27H20N2O6S. The van der Waals surface area contributed by atoms with Gasteiger partial charge in [-0.1, -0.05) is 30.3 Å². The molecule has 1 atom stereocenters. The van der Waals surface area contributed by atoms with E-state index in [1.54, 1.807) is 44.2 Å². The third-order valence-electron chi connectivity index (χ3n) is 6.14. The highest BCUT2D eigenvalue weighted by Gasteiger charge is 2.47. The Morgan fingerprint density at radius 1 is 1.06 bits per heavy atom. The standard InChI is InChI=1S/C27H20N2O6S/c1-14-8-10-19(35-14)22-21(23(30)25-15(2)28-26(36-25)16-6-4-3-5-7-16)24(31)27(32)29(22)17-9-11-18-20(12-17)34-13-33-18/h3-12,22,31H,13H2,1-2H3. The Morgan fingerprint density at radius 2 is 1.83 bits per heavy atom. The molecule has 2 aromatic heterocycles. The minimum Gasteiger partial charge on any atom is -0.503 e. The summed E-state index contributed by atoms with van der Waals surface area (Å²) in [5.74, 6) is 0.198. The molecule has 0 aliphatic carbocycles. The minimum atomic E-state index is -0.972. The maximum absolute atomic E-state index is 13.9. The summed E-state index contributed by atoms with van der Waals surface area (Å²) in [4.78, 5) is 33.6. The predicted octanol–water partition coefficient (Wildman–Crippen LogP) is 5.53. The Hall–Kier alpha value is -4.37. The molecule has 1 N–H and O–H groups in total. The summed E-state index contributed by atoms with van der Waals surface area (Å²) in [5.41, 5.74) is 1.78. The highest BCUT2D eigenvalue weighted by molar-refractivity contribution is 7.17. The number of ether oxygens (including phenoxy) is 2. The number of hydrogen-bond donors (Lipinski definition) is 1. The number of rotatable bonds is 5. The SMILES string of the molecule is Cc1ccc(C2C(C(=O)c3sc(-c4ccccc4)nc3C)=C(O)C(=O)N2c2ccc3c(c2)OCO3)o1. The van der Waals surface area contributed by atoms with Gasteiger partial charge in [0.25, 0.3) is 5.91 Å². The van der Waals surface area contributed by atoms with Crippen LogP contribution in [0.1, 0.15) is 32.9 Å². The van der Waals surface area contributed by atoms with Crippen molar-refractivity contribution in [3.8, 4) is 22.1 Å². The van der Waals surface area contributed by atoms with Gasteiger partial charge in [0.1, 0.15) is 22.6 Å². The average molecular weight is 501 g/mol. The van der Waals surface area contributed by atoms with Crippen LogP contribution in [0.5, 0.6) is 11.5 Å². The van der Waals surface area contributed by atoms with Gasteiger partial charge in [0.05, 0.1) is 16.1 Å². The molecule has 0 saturated heterocycles. The van der Waals surface area contributed by atoms with Gasteiger partial charge < -0.3 is 19.0 Å². The van der Waals surface area contributed by atoms with E-state index in [9.17, 15) is 14.7 Å². The molecule has 4 heterocycles. The summed E-state index contributed by atoms with van der Waals surface area (Å²) >= 11 is 1.22. The third kappa shape index (κ3) is 3.47. The zero-order chi connectivity index (χ0) is 25.0. The second kappa shape index (κ2) is 8.39. The number of anilines is 1. The van der Waals surface area contributed by atoms with Crippen molar-refractivity contribution < 1.29 is 28.6 Å². The molecule has 0 bridgehead atoms. The lowest BCUT2D eigenvalue weighted by atomic mass is 9.99. The molecule has 0 saturated carbocycles. The summed E-state index contributed by atoms with van der Waals surface area (Å²) in [6, 6.07) is 17.0. The molecular weight excluding hydrogens is 480 g/mol. The van der Waals surface area contributed by atoms with E-state index in [0.29, 0.717) is 44.3 Å². The van der Waals surface area contributed by atoms with E-state index in [1.807, 2.05) is 30.3 Å². The van der Waals surface area contributed by atoms with Crippen LogP contribution in [0.15, 0.2) is 76.4 Å². The van der Waals surface area contributed by atoms with Gasteiger partial charge in [-0.2, -0.15) is 0 Å². The molecule has 2 aliphatic rings. The van der Waals surface area contributed by atoms with Gasteiger partial charge >= 0.3 is 0 Å². The van der Waals surface area contributed by atoms with Gasteiger partial charge in [0.15, 0.2) is 17.3 Å². The second-order valence-electron chi connectivity index (χ2n) is 8.45. The number of aryl methyl sites for hydroxylation is 2. The van der Waals surface area contributed by atoms with Crippen molar-refractivity contribution in [1.82, 2.24) is 4.98 Å². The predicted molar refractivity (Wildman–Crippen MR) is 133 cm³/mol. The number of benzene rings is 2. The van der Waals surface area contributed by atoms with Crippen molar-refractivity contribution in [2.45, 2.75) is 19.9 Å². The van der Waals surface area contributed by atoms with Crippen molar-refractivity contribution in [3.63, 3.8) is 0 Å². The maximum Gasteiger partial charge on any atom is 0.294 e. The van der Waals surface area contributed by atoms with E-state index in [1.165, 1.54) is 16.2 Å². The van der Waals surface area contributed by atoms with Crippen LogP contribution in [0.3, 0.4) is 0 Å². The van der Waals surface area contributed by atoms with E-state index in [4.69, 9.17) is 13.9 Å². The van der Waals surface area contributed by atoms with Gasteiger partial charge in [0.2, 0.25) is 12.6 Å². The summed E-state index contributed by atoms with van der Waals surface area (Å²) in [6.45, 7) is 3.59. The smallest absolute Gasteiger partial charge is 0.294 e. The Morgan fingerprint density at radius 3 is 2.58 bits per heavy atom. The molecule has 180 valence electrons. The van der Waals surface area contributed by atoms with Crippen LogP contribution in [0.25, 0.3) is 10.6 Å². The van der Waals surface area contributed by atoms with Crippen LogP contribution in [0.2, 0.25) is 0 Å². The van der Waals surface area contributed by atoms with Crippen LogP contribution < -0.4 is 14.4 Å². The van der Waals surface area contributed by atoms with Gasteiger partial charge in [-0.3, -0.25) is 14.5 Å². The highest BCUT2D eigenvalue weighted by atomic mass is 32.1.